The minimum atomic E-state index is 0.0588. The van der Waals surface area contributed by atoms with E-state index in [4.69, 9.17) is 4.52 Å². The molecule has 0 amide bonds. The van der Waals surface area contributed by atoms with Gasteiger partial charge in [0.1, 0.15) is 11.8 Å². The second kappa shape index (κ2) is 4.13. The maximum atomic E-state index is 5.33. The Labute approximate surface area is 99.4 Å². The first-order chi connectivity index (χ1) is 8.34. The van der Waals surface area contributed by atoms with Gasteiger partial charge in [0.25, 0.3) is 0 Å². The van der Waals surface area contributed by atoms with Crippen molar-refractivity contribution in [2.75, 3.05) is 6.54 Å². The zero-order chi connectivity index (χ0) is 11.7. The van der Waals surface area contributed by atoms with Gasteiger partial charge in [-0.1, -0.05) is 35.5 Å². The highest BCUT2D eigenvalue weighted by Gasteiger charge is 2.31. The first-order valence-corrected chi connectivity index (χ1v) is 5.69. The van der Waals surface area contributed by atoms with Crippen LogP contribution in [0, 0.1) is 6.92 Å². The molecule has 1 aromatic carbocycles. The Morgan fingerprint density at radius 1 is 1.24 bits per heavy atom. The van der Waals surface area contributed by atoms with Gasteiger partial charge >= 0.3 is 0 Å². The van der Waals surface area contributed by atoms with Gasteiger partial charge in [0.2, 0.25) is 0 Å². The van der Waals surface area contributed by atoms with Crippen molar-refractivity contribution >= 4 is 0 Å². The molecule has 1 aliphatic rings. The lowest BCUT2D eigenvalue weighted by Gasteiger charge is -2.13. The number of aryl methyl sites for hydroxylation is 1. The molecule has 0 fully saturated rings. The number of benzene rings is 1. The molecule has 2 atom stereocenters. The molecular weight excluding hydrogens is 214 g/mol. The Balaban J connectivity index is 1.92. The highest BCUT2D eigenvalue weighted by Crippen LogP contribution is 2.38. The number of hydrogen-bond acceptors (Lipinski definition) is 4. The molecule has 4 nitrogen and oxygen atoms in total. The molecule has 2 unspecified atom stereocenters. The first kappa shape index (κ1) is 10.2. The van der Waals surface area contributed by atoms with Crippen LogP contribution in [0.5, 0.6) is 0 Å². The monoisotopic (exact) mass is 227 g/mol. The van der Waals surface area contributed by atoms with Crippen molar-refractivity contribution in [1.82, 2.24) is 5.16 Å². The van der Waals surface area contributed by atoms with Crippen molar-refractivity contribution in [3.8, 4) is 0 Å². The van der Waals surface area contributed by atoms with Gasteiger partial charge in [-0.2, -0.15) is 10.2 Å². The predicted octanol–water partition coefficient (Wildman–Crippen LogP) is 3.27. The molecule has 0 aliphatic carbocycles. The van der Waals surface area contributed by atoms with Crippen LogP contribution in [0.25, 0.3) is 0 Å². The van der Waals surface area contributed by atoms with E-state index >= 15 is 0 Å². The second-order valence-electron chi connectivity index (χ2n) is 4.27. The molecule has 1 aliphatic heterocycles. The molecule has 1 aromatic heterocycles. The second-order valence-corrected chi connectivity index (χ2v) is 4.27. The Morgan fingerprint density at radius 3 is 2.76 bits per heavy atom. The van der Waals surface area contributed by atoms with Crippen LogP contribution in [-0.4, -0.2) is 11.7 Å². The van der Waals surface area contributed by atoms with Crippen molar-refractivity contribution in [3.63, 3.8) is 0 Å². The molecule has 2 heterocycles. The van der Waals surface area contributed by atoms with Crippen LogP contribution in [0.2, 0.25) is 0 Å². The predicted molar refractivity (Wildman–Crippen MR) is 62.9 cm³/mol. The Bertz CT molecular complexity index is 533. The lowest BCUT2D eigenvalue weighted by Crippen LogP contribution is -2.06. The van der Waals surface area contributed by atoms with Crippen LogP contribution in [0.1, 0.15) is 29.0 Å². The summed E-state index contributed by atoms with van der Waals surface area (Å²) in [6.07, 6.45) is 0. The topological polar surface area (TPSA) is 50.8 Å². The third kappa shape index (κ3) is 1.86. The average molecular weight is 227 g/mol. The van der Waals surface area contributed by atoms with Gasteiger partial charge in [0.15, 0.2) is 0 Å². The van der Waals surface area contributed by atoms with E-state index in [-0.39, 0.29) is 12.0 Å². The van der Waals surface area contributed by atoms with Crippen LogP contribution in [-0.2, 0) is 0 Å². The van der Waals surface area contributed by atoms with E-state index in [0.29, 0.717) is 6.54 Å². The van der Waals surface area contributed by atoms with E-state index in [2.05, 4.69) is 27.5 Å². The summed E-state index contributed by atoms with van der Waals surface area (Å²) in [6.45, 7) is 2.60. The molecule has 0 N–H and O–H groups in total. The molecule has 86 valence electrons. The highest BCUT2D eigenvalue weighted by atomic mass is 16.5. The minimum absolute atomic E-state index is 0.0588. The van der Waals surface area contributed by atoms with Crippen LogP contribution < -0.4 is 0 Å². The molecule has 0 spiro atoms. The SMILES string of the molecule is Cc1cc(C2CN=NC2c2ccccc2)on1. The van der Waals surface area contributed by atoms with Gasteiger partial charge in [0, 0.05) is 6.07 Å². The Hall–Kier alpha value is -1.97. The third-order valence-electron chi connectivity index (χ3n) is 3.02. The van der Waals surface area contributed by atoms with Crippen LogP contribution >= 0.6 is 0 Å². The largest absolute Gasteiger partial charge is 0.361 e. The van der Waals surface area contributed by atoms with Gasteiger partial charge in [-0.05, 0) is 12.5 Å². The molecule has 0 saturated heterocycles. The standard InChI is InChI=1S/C13H13N3O/c1-9-7-12(17-16-9)11-8-14-15-13(11)10-5-3-2-4-6-10/h2-7,11,13H,8H2,1H3. The minimum Gasteiger partial charge on any atom is -0.361 e. The summed E-state index contributed by atoms with van der Waals surface area (Å²) in [5.41, 5.74) is 2.08. The summed E-state index contributed by atoms with van der Waals surface area (Å²) in [5, 5.41) is 12.4. The number of azo groups is 1. The van der Waals surface area contributed by atoms with E-state index in [0.717, 1.165) is 11.5 Å². The third-order valence-corrected chi connectivity index (χ3v) is 3.02. The lowest BCUT2D eigenvalue weighted by molar-refractivity contribution is 0.352. The van der Waals surface area contributed by atoms with Crippen LogP contribution in [0.15, 0.2) is 51.1 Å². The van der Waals surface area contributed by atoms with E-state index in [1.807, 2.05) is 31.2 Å². The Morgan fingerprint density at radius 2 is 2.06 bits per heavy atom. The van der Waals surface area contributed by atoms with Gasteiger partial charge in [-0.25, -0.2) is 0 Å². The summed E-state index contributed by atoms with van der Waals surface area (Å²) >= 11 is 0. The smallest absolute Gasteiger partial charge is 0.144 e. The molecule has 3 rings (SSSR count). The fourth-order valence-corrected chi connectivity index (χ4v) is 2.16. The van der Waals surface area contributed by atoms with E-state index < -0.39 is 0 Å². The highest BCUT2D eigenvalue weighted by molar-refractivity contribution is 5.25. The first-order valence-electron chi connectivity index (χ1n) is 5.69. The zero-order valence-corrected chi connectivity index (χ0v) is 9.58. The summed E-state index contributed by atoms with van der Waals surface area (Å²) in [7, 11) is 0. The van der Waals surface area contributed by atoms with Crippen molar-refractivity contribution in [3.05, 3.63) is 53.4 Å². The van der Waals surface area contributed by atoms with Gasteiger partial charge in [0.05, 0.1) is 18.2 Å². The van der Waals surface area contributed by atoms with Crippen molar-refractivity contribution in [1.29, 1.82) is 0 Å². The number of nitrogens with zero attached hydrogens (tertiary/aromatic N) is 3. The molecule has 4 heteroatoms. The zero-order valence-electron chi connectivity index (χ0n) is 9.58. The average Bonchev–Trinajstić information content (AvgIpc) is 2.98. The lowest BCUT2D eigenvalue weighted by atomic mass is 9.92. The van der Waals surface area contributed by atoms with Gasteiger partial charge in [-0.3, -0.25) is 0 Å². The fraction of sp³-hybridized carbons (Fsp3) is 0.308. The van der Waals surface area contributed by atoms with Crippen LogP contribution in [0.4, 0.5) is 0 Å². The molecule has 0 radical (unpaired) electrons. The molecule has 2 aromatic rings. The molecule has 0 bridgehead atoms. The molecular formula is C13H13N3O. The molecule has 17 heavy (non-hydrogen) atoms. The Kier molecular flexibility index (Phi) is 2.48. The van der Waals surface area contributed by atoms with E-state index in [1.54, 1.807) is 0 Å². The van der Waals surface area contributed by atoms with Gasteiger partial charge in [-0.15, -0.1) is 0 Å². The quantitative estimate of drug-likeness (QED) is 0.790. The van der Waals surface area contributed by atoms with Crippen LogP contribution in [0.3, 0.4) is 0 Å². The summed E-state index contributed by atoms with van der Waals surface area (Å²) in [5.74, 6) is 1.06. The van der Waals surface area contributed by atoms with Crippen molar-refractivity contribution in [2.24, 2.45) is 10.2 Å². The van der Waals surface area contributed by atoms with Gasteiger partial charge < -0.3 is 4.52 Å². The summed E-state index contributed by atoms with van der Waals surface area (Å²) in [6, 6.07) is 12.2. The summed E-state index contributed by atoms with van der Waals surface area (Å²) < 4.78 is 5.33. The number of rotatable bonds is 2. The number of aromatic nitrogens is 1. The maximum Gasteiger partial charge on any atom is 0.144 e. The number of hydrogen-bond donors (Lipinski definition) is 0. The maximum absolute atomic E-state index is 5.33. The van der Waals surface area contributed by atoms with Crippen molar-refractivity contribution < 1.29 is 4.52 Å². The van der Waals surface area contributed by atoms with Crippen molar-refractivity contribution in [2.45, 2.75) is 18.9 Å². The normalized spacial score (nSPS) is 23.1. The fourth-order valence-electron chi connectivity index (χ4n) is 2.16. The summed E-state index contributed by atoms with van der Waals surface area (Å²) in [4.78, 5) is 0. The van der Waals surface area contributed by atoms with E-state index in [1.165, 1.54) is 5.56 Å². The van der Waals surface area contributed by atoms with E-state index in [9.17, 15) is 0 Å². The molecule has 0 saturated carbocycles.